The number of aliphatic carboxylic acids is 1. The van der Waals surface area contributed by atoms with Crippen molar-refractivity contribution in [3.05, 3.63) is 0 Å². The highest BCUT2D eigenvalue weighted by Crippen LogP contribution is 2.69. The molecule has 15 heteroatoms. The first-order valence-electron chi connectivity index (χ1n) is 21.4. The third-order valence-electron chi connectivity index (χ3n) is 13.4. The minimum Gasteiger partial charge on any atom is -0.481 e. The van der Waals surface area contributed by atoms with Gasteiger partial charge in [0, 0.05) is 17.8 Å². The fourth-order valence-corrected chi connectivity index (χ4v) is 10.9. The van der Waals surface area contributed by atoms with Gasteiger partial charge in [0.1, 0.15) is 23.4 Å². The second-order valence-electron chi connectivity index (χ2n) is 19.9. The van der Waals surface area contributed by atoms with E-state index in [-0.39, 0.29) is 73.0 Å². The van der Waals surface area contributed by atoms with Crippen LogP contribution in [0.5, 0.6) is 0 Å². The third-order valence-corrected chi connectivity index (χ3v) is 13.4. The largest absolute Gasteiger partial charge is 0.481 e. The van der Waals surface area contributed by atoms with Crippen molar-refractivity contribution in [2.24, 2.45) is 46.3 Å². The fraction of sp³-hybridized carbons (Fsp3) is 0.841. The topological polar surface area (TPSA) is 215 Å². The average molecular weight is 837 g/mol. The molecule has 11 unspecified atom stereocenters. The molecular formula is C44H68O15. The second kappa shape index (κ2) is 19.3. The number of aliphatic hydroxyl groups excluding tert-OH is 1. The number of carbonyl (C=O) groups is 7. The van der Waals surface area contributed by atoms with Gasteiger partial charge in [-0.2, -0.15) is 0 Å². The summed E-state index contributed by atoms with van der Waals surface area (Å²) in [6, 6.07) is 0. The number of esters is 6. The van der Waals surface area contributed by atoms with Crippen LogP contribution in [0.3, 0.4) is 0 Å². The lowest BCUT2D eigenvalue weighted by Crippen LogP contribution is -2.63. The Kier molecular flexibility index (Phi) is 15.7. The molecule has 4 aliphatic carbocycles. The number of ether oxygens (including phenoxy) is 6. The van der Waals surface area contributed by atoms with Gasteiger partial charge in [-0.25, -0.2) is 9.59 Å². The molecule has 0 aromatic heterocycles. The molecule has 334 valence electrons. The number of rotatable bonds is 16. The molecule has 0 amide bonds. The molecule has 59 heavy (non-hydrogen) atoms. The van der Waals surface area contributed by atoms with E-state index in [2.05, 4.69) is 13.8 Å². The summed E-state index contributed by atoms with van der Waals surface area (Å²) in [7, 11) is 0. The second-order valence-corrected chi connectivity index (χ2v) is 19.9. The van der Waals surface area contributed by atoms with Crippen LogP contribution in [0.1, 0.15) is 146 Å². The molecule has 0 aliphatic heterocycles. The zero-order valence-corrected chi connectivity index (χ0v) is 36.5. The van der Waals surface area contributed by atoms with Crippen LogP contribution in [-0.4, -0.2) is 94.7 Å². The Morgan fingerprint density at radius 1 is 0.661 bits per heavy atom. The molecule has 0 spiro atoms. The van der Waals surface area contributed by atoms with Gasteiger partial charge in [-0.1, -0.05) is 20.8 Å². The summed E-state index contributed by atoms with van der Waals surface area (Å²) in [6.45, 7) is 15.4. The van der Waals surface area contributed by atoms with Crippen LogP contribution in [0.2, 0.25) is 0 Å². The van der Waals surface area contributed by atoms with Gasteiger partial charge in [0.2, 0.25) is 0 Å². The van der Waals surface area contributed by atoms with Crippen molar-refractivity contribution in [3.8, 4) is 0 Å². The Hall–Kier alpha value is -3.75. The summed E-state index contributed by atoms with van der Waals surface area (Å²) in [5, 5.41) is 20.4. The van der Waals surface area contributed by atoms with Crippen molar-refractivity contribution in [3.63, 3.8) is 0 Å². The third kappa shape index (κ3) is 12.6. The van der Waals surface area contributed by atoms with Crippen LogP contribution >= 0.6 is 0 Å². The summed E-state index contributed by atoms with van der Waals surface area (Å²) in [4.78, 5) is 88.0. The number of carboxylic acids is 1. The van der Waals surface area contributed by atoms with E-state index in [1.54, 1.807) is 41.5 Å². The highest BCUT2D eigenvalue weighted by molar-refractivity contribution is 5.81. The molecule has 2 N–H and O–H groups in total. The van der Waals surface area contributed by atoms with E-state index in [0.717, 1.165) is 19.3 Å². The predicted octanol–water partition coefficient (Wildman–Crippen LogP) is 5.88. The fourth-order valence-electron chi connectivity index (χ4n) is 10.9. The monoisotopic (exact) mass is 836 g/mol. The molecule has 0 saturated heterocycles. The van der Waals surface area contributed by atoms with Gasteiger partial charge in [-0.05, 0) is 128 Å². The normalized spacial score (nSPS) is 31.9. The molecule has 0 heterocycles. The molecule has 4 aliphatic rings. The van der Waals surface area contributed by atoms with Crippen LogP contribution in [0.15, 0.2) is 0 Å². The van der Waals surface area contributed by atoms with E-state index in [4.69, 9.17) is 28.4 Å². The molecule has 15 nitrogen and oxygen atoms in total. The maximum atomic E-state index is 13.6. The first kappa shape index (κ1) is 47.9. The van der Waals surface area contributed by atoms with Gasteiger partial charge >= 0.3 is 41.8 Å². The van der Waals surface area contributed by atoms with Gasteiger partial charge in [0.05, 0.1) is 31.8 Å². The smallest absolute Gasteiger partial charge is 0.344 e. The minimum atomic E-state index is -0.895. The summed E-state index contributed by atoms with van der Waals surface area (Å²) >= 11 is 0. The van der Waals surface area contributed by atoms with E-state index >= 15 is 0 Å². The summed E-state index contributed by atoms with van der Waals surface area (Å²) in [5.41, 5.74) is -2.41. The first-order valence-corrected chi connectivity index (χ1v) is 21.4. The number of aliphatic hydroxyl groups is 1. The SMILES string of the molecule is CC(CCC(=O)O)C1CCC2C3C(OC(=O)CCC(=O)OCC(=O)OC(C)(C)C)CC4CC(O)CCC4(C)C3CC(OC(=O)CCC(=O)OCC(=O)OC(C)(C)C)C12C. The highest BCUT2D eigenvalue weighted by Gasteiger charge is 2.67. The summed E-state index contributed by atoms with van der Waals surface area (Å²) in [6.07, 6.45) is 1.95. The standard InChI is InChI=1S/C44H68O15/c1-25(10-13-33(46)47)28-11-12-29-40-30(22-32(44(28,29)9)57-37(51)17-15-35(49)55-24-39(53)59-42(5,6)7)43(8)19-18-27(45)20-26(43)21-31(40)56-36(50)16-14-34(48)54-23-38(52)58-41(2,3)4/h25-32,40,45H,10-24H2,1-9H3,(H,46,47). The summed E-state index contributed by atoms with van der Waals surface area (Å²) < 4.78 is 33.2. The molecule has 0 aromatic carbocycles. The predicted molar refractivity (Wildman–Crippen MR) is 210 cm³/mol. The van der Waals surface area contributed by atoms with Crippen LogP contribution in [-0.2, 0) is 62.0 Å². The van der Waals surface area contributed by atoms with Crippen molar-refractivity contribution in [1.29, 1.82) is 0 Å². The van der Waals surface area contributed by atoms with Crippen molar-refractivity contribution in [2.45, 2.75) is 175 Å². The van der Waals surface area contributed by atoms with E-state index < -0.39 is 89.9 Å². The van der Waals surface area contributed by atoms with Crippen LogP contribution in [0.4, 0.5) is 0 Å². The molecule has 0 aromatic rings. The highest BCUT2D eigenvalue weighted by atomic mass is 16.6. The number of carboxylic acid groups (broad SMARTS) is 1. The zero-order valence-electron chi connectivity index (χ0n) is 36.5. The maximum absolute atomic E-state index is 13.6. The number of hydrogen-bond donors (Lipinski definition) is 2. The minimum absolute atomic E-state index is 0.00349. The average Bonchev–Trinajstić information content (AvgIpc) is 3.48. The van der Waals surface area contributed by atoms with Gasteiger partial charge < -0.3 is 38.6 Å². The first-order chi connectivity index (χ1) is 27.3. The van der Waals surface area contributed by atoms with E-state index in [0.29, 0.717) is 32.1 Å². The van der Waals surface area contributed by atoms with E-state index in [1.165, 1.54) is 0 Å². The molecule has 11 atom stereocenters. The molecule has 4 fully saturated rings. The zero-order chi connectivity index (χ0) is 44.1. The van der Waals surface area contributed by atoms with E-state index in [1.807, 2.05) is 6.92 Å². The summed E-state index contributed by atoms with van der Waals surface area (Å²) in [5.74, 6) is -5.33. The maximum Gasteiger partial charge on any atom is 0.344 e. The molecule has 4 saturated carbocycles. The lowest BCUT2D eigenvalue weighted by atomic mass is 9.43. The Balaban J connectivity index is 1.55. The number of hydrogen-bond acceptors (Lipinski definition) is 14. The Labute approximate surface area is 348 Å². The Morgan fingerprint density at radius 3 is 1.71 bits per heavy atom. The van der Waals surface area contributed by atoms with Crippen LogP contribution in [0, 0.1) is 46.3 Å². The van der Waals surface area contributed by atoms with Crippen LogP contribution < -0.4 is 0 Å². The quantitative estimate of drug-likeness (QED) is 0.137. The van der Waals surface area contributed by atoms with Crippen LogP contribution in [0.25, 0.3) is 0 Å². The molecular weight excluding hydrogens is 768 g/mol. The Morgan fingerprint density at radius 2 is 1.19 bits per heavy atom. The molecule has 0 bridgehead atoms. The van der Waals surface area contributed by atoms with Crippen molar-refractivity contribution >= 4 is 41.8 Å². The Bertz CT molecular complexity index is 1560. The number of carbonyl (C=O) groups excluding carboxylic acids is 6. The lowest BCUT2D eigenvalue weighted by Gasteiger charge is -2.64. The van der Waals surface area contributed by atoms with Gasteiger partial charge in [0.15, 0.2) is 13.2 Å². The number of fused-ring (bicyclic) bond motifs is 5. The van der Waals surface area contributed by atoms with Gasteiger partial charge in [0.25, 0.3) is 0 Å². The van der Waals surface area contributed by atoms with Gasteiger partial charge in [-0.3, -0.25) is 24.0 Å². The molecule has 0 radical (unpaired) electrons. The lowest BCUT2D eigenvalue weighted by molar-refractivity contribution is -0.225. The van der Waals surface area contributed by atoms with Crippen molar-refractivity contribution in [2.75, 3.05) is 13.2 Å². The van der Waals surface area contributed by atoms with E-state index in [9.17, 15) is 43.8 Å². The van der Waals surface area contributed by atoms with Crippen molar-refractivity contribution in [1.82, 2.24) is 0 Å². The van der Waals surface area contributed by atoms with Gasteiger partial charge in [-0.15, -0.1) is 0 Å². The molecule has 4 rings (SSSR count). The van der Waals surface area contributed by atoms with Crippen molar-refractivity contribution < 1.29 is 72.2 Å².